The minimum atomic E-state index is -0.327. The van der Waals surface area contributed by atoms with E-state index in [4.69, 9.17) is 4.74 Å². The number of hydrogen-bond acceptors (Lipinski definition) is 4. The van der Waals surface area contributed by atoms with E-state index in [1.165, 1.54) is 6.20 Å². The molecule has 132 valence electrons. The molecule has 1 aliphatic heterocycles. The van der Waals surface area contributed by atoms with Crippen LogP contribution in [0.4, 0.5) is 10.1 Å². The Hall–Kier alpha value is -2.63. The number of amides is 1. The van der Waals surface area contributed by atoms with Crippen molar-refractivity contribution in [2.45, 2.75) is 13.3 Å². The van der Waals surface area contributed by atoms with Crippen LogP contribution in [0.15, 0.2) is 42.7 Å². The summed E-state index contributed by atoms with van der Waals surface area (Å²) in [5.41, 5.74) is 1.16. The summed E-state index contributed by atoms with van der Waals surface area (Å²) in [6.45, 7) is 4.99. The van der Waals surface area contributed by atoms with Gasteiger partial charge in [-0.15, -0.1) is 0 Å². The molecule has 0 aliphatic carbocycles. The van der Waals surface area contributed by atoms with Gasteiger partial charge >= 0.3 is 0 Å². The lowest BCUT2D eigenvalue weighted by molar-refractivity contribution is 0.0766. The van der Waals surface area contributed by atoms with Crippen molar-refractivity contribution in [2.75, 3.05) is 37.7 Å². The maximum atomic E-state index is 13.9. The van der Waals surface area contributed by atoms with Crippen LogP contribution in [0, 0.1) is 5.82 Å². The molecule has 5 nitrogen and oxygen atoms in total. The molecule has 1 amide bonds. The smallest absolute Gasteiger partial charge is 0.254 e. The molecule has 0 atom stereocenters. The van der Waals surface area contributed by atoms with Crippen molar-refractivity contribution in [3.05, 3.63) is 54.1 Å². The highest BCUT2D eigenvalue weighted by Crippen LogP contribution is 2.21. The second-order valence-electron chi connectivity index (χ2n) is 5.92. The van der Waals surface area contributed by atoms with Crippen LogP contribution in [0.2, 0.25) is 0 Å². The molecule has 1 aliphatic rings. The van der Waals surface area contributed by atoms with Gasteiger partial charge in [0.05, 0.1) is 18.5 Å². The van der Waals surface area contributed by atoms with Gasteiger partial charge < -0.3 is 14.5 Å². The molecule has 0 spiro atoms. The predicted octanol–water partition coefficient (Wildman–Crippen LogP) is 2.97. The number of aromatic nitrogens is 1. The summed E-state index contributed by atoms with van der Waals surface area (Å²) >= 11 is 0. The van der Waals surface area contributed by atoms with Crippen LogP contribution in [-0.4, -0.2) is 48.6 Å². The van der Waals surface area contributed by atoms with E-state index in [-0.39, 0.29) is 11.7 Å². The molecule has 0 saturated carbocycles. The largest absolute Gasteiger partial charge is 0.494 e. The van der Waals surface area contributed by atoms with Gasteiger partial charge in [0, 0.05) is 37.9 Å². The van der Waals surface area contributed by atoms with Crippen molar-refractivity contribution in [2.24, 2.45) is 0 Å². The third-order valence-corrected chi connectivity index (χ3v) is 4.27. The van der Waals surface area contributed by atoms with E-state index < -0.39 is 0 Å². The van der Waals surface area contributed by atoms with E-state index in [9.17, 15) is 9.18 Å². The van der Waals surface area contributed by atoms with Gasteiger partial charge in [-0.3, -0.25) is 9.78 Å². The van der Waals surface area contributed by atoms with E-state index in [1.54, 1.807) is 24.4 Å². The highest BCUT2D eigenvalue weighted by atomic mass is 19.1. The second-order valence-corrected chi connectivity index (χ2v) is 5.92. The Morgan fingerprint density at radius 3 is 2.92 bits per heavy atom. The number of halogens is 1. The van der Waals surface area contributed by atoms with Crippen molar-refractivity contribution in [3.63, 3.8) is 0 Å². The maximum absolute atomic E-state index is 13.9. The van der Waals surface area contributed by atoms with Crippen LogP contribution in [0.5, 0.6) is 5.75 Å². The van der Waals surface area contributed by atoms with E-state index in [0.717, 1.165) is 6.42 Å². The number of pyridine rings is 1. The Kier molecular flexibility index (Phi) is 5.48. The highest BCUT2D eigenvalue weighted by molar-refractivity contribution is 5.94. The lowest BCUT2D eigenvalue weighted by Gasteiger charge is -2.24. The SMILES string of the molecule is CCOc1cccc(C(=O)N2CCCN(c3ccncc3F)CC2)c1. The Balaban J connectivity index is 1.69. The summed E-state index contributed by atoms with van der Waals surface area (Å²) in [6.07, 6.45) is 3.60. The van der Waals surface area contributed by atoms with Gasteiger partial charge in [-0.25, -0.2) is 4.39 Å². The number of carbonyl (C=O) groups is 1. The van der Waals surface area contributed by atoms with Gasteiger partial charge in [-0.05, 0) is 37.6 Å². The third-order valence-electron chi connectivity index (χ3n) is 4.27. The topological polar surface area (TPSA) is 45.7 Å². The molecule has 1 aromatic carbocycles. The molecule has 0 bridgehead atoms. The average Bonchev–Trinajstić information content (AvgIpc) is 2.88. The zero-order valence-electron chi connectivity index (χ0n) is 14.3. The monoisotopic (exact) mass is 343 g/mol. The van der Waals surface area contributed by atoms with Crippen LogP contribution in [0.3, 0.4) is 0 Å². The minimum absolute atomic E-state index is 0.0152. The average molecular weight is 343 g/mol. The molecule has 0 unspecified atom stereocenters. The quantitative estimate of drug-likeness (QED) is 0.856. The summed E-state index contributed by atoms with van der Waals surface area (Å²) in [6, 6.07) is 8.93. The molecule has 25 heavy (non-hydrogen) atoms. The molecule has 3 rings (SSSR count). The van der Waals surface area contributed by atoms with Gasteiger partial charge in [0.2, 0.25) is 0 Å². The number of anilines is 1. The molecule has 6 heteroatoms. The number of carbonyl (C=O) groups excluding carboxylic acids is 1. The molecule has 2 aromatic rings. The molecule has 1 saturated heterocycles. The summed E-state index contributed by atoms with van der Waals surface area (Å²) < 4.78 is 19.4. The van der Waals surface area contributed by atoms with Crippen LogP contribution in [-0.2, 0) is 0 Å². The predicted molar refractivity (Wildman–Crippen MR) is 94.5 cm³/mol. The van der Waals surface area contributed by atoms with Gasteiger partial charge in [0.1, 0.15) is 5.75 Å². The summed E-state index contributed by atoms with van der Waals surface area (Å²) in [5.74, 6) is 0.356. The number of rotatable bonds is 4. The zero-order valence-corrected chi connectivity index (χ0v) is 14.3. The molecule has 0 N–H and O–H groups in total. The van der Waals surface area contributed by atoms with Gasteiger partial charge in [0.15, 0.2) is 5.82 Å². The summed E-state index contributed by atoms with van der Waals surface area (Å²) in [5, 5.41) is 0. The zero-order chi connectivity index (χ0) is 17.6. The number of nitrogens with zero attached hydrogens (tertiary/aromatic N) is 3. The first-order valence-corrected chi connectivity index (χ1v) is 8.55. The summed E-state index contributed by atoms with van der Waals surface area (Å²) in [7, 11) is 0. The minimum Gasteiger partial charge on any atom is -0.494 e. The van der Waals surface area contributed by atoms with E-state index >= 15 is 0 Å². The third kappa shape index (κ3) is 4.07. The van der Waals surface area contributed by atoms with E-state index in [2.05, 4.69) is 4.98 Å². The normalized spacial score (nSPS) is 15.0. The van der Waals surface area contributed by atoms with Crippen molar-refractivity contribution < 1.29 is 13.9 Å². The van der Waals surface area contributed by atoms with Crippen molar-refractivity contribution in [1.82, 2.24) is 9.88 Å². The molecule has 0 radical (unpaired) electrons. The molecule has 1 fully saturated rings. The molecule has 2 heterocycles. The maximum Gasteiger partial charge on any atom is 0.254 e. The Labute approximate surface area is 147 Å². The Morgan fingerprint density at radius 2 is 2.12 bits per heavy atom. The van der Waals surface area contributed by atoms with Gasteiger partial charge in [-0.2, -0.15) is 0 Å². The Bertz CT molecular complexity index is 738. The fourth-order valence-corrected chi connectivity index (χ4v) is 3.05. The number of hydrogen-bond donors (Lipinski definition) is 0. The summed E-state index contributed by atoms with van der Waals surface area (Å²) in [4.78, 5) is 20.4. The van der Waals surface area contributed by atoms with Gasteiger partial charge in [0.25, 0.3) is 5.91 Å². The fraction of sp³-hybridized carbons (Fsp3) is 0.368. The first-order chi connectivity index (χ1) is 12.2. The highest BCUT2D eigenvalue weighted by Gasteiger charge is 2.22. The number of ether oxygens (including phenoxy) is 1. The van der Waals surface area contributed by atoms with E-state index in [0.29, 0.717) is 49.8 Å². The lowest BCUT2D eigenvalue weighted by Crippen LogP contribution is -2.35. The molecular formula is C19H22FN3O2. The van der Waals surface area contributed by atoms with Crippen LogP contribution >= 0.6 is 0 Å². The Morgan fingerprint density at radius 1 is 1.24 bits per heavy atom. The van der Waals surface area contributed by atoms with Gasteiger partial charge in [-0.1, -0.05) is 6.07 Å². The fourth-order valence-electron chi connectivity index (χ4n) is 3.05. The molecule has 1 aromatic heterocycles. The number of benzene rings is 1. The van der Waals surface area contributed by atoms with Crippen molar-refractivity contribution in [1.29, 1.82) is 0 Å². The molecular weight excluding hydrogens is 321 g/mol. The van der Waals surface area contributed by atoms with Crippen LogP contribution < -0.4 is 9.64 Å². The van der Waals surface area contributed by atoms with Crippen molar-refractivity contribution in [3.8, 4) is 5.75 Å². The second kappa shape index (κ2) is 7.96. The first-order valence-electron chi connectivity index (χ1n) is 8.55. The van der Waals surface area contributed by atoms with E-state index in [1.807, 2.05) is 28.9 Å². The standard InChI is InChI=1S/C19H22FN3O2/c1-2-25-16-6-3-5-15(13-16)19(24)23-10-4-9-22(11-12-23)18-7-8-21-14-17(18)20/h3,5-8,13-14H,2,4,9-12H2,1H3. The van der Waals surface area contributed by atoms with Crippen LogP contribution in [0.1, 0.15) is 23.7 Å². The van der Waals surface area contributed by atoms with Crippen LogP contribution in [0.25, 0.3) is 0 Å². The first kappa shape index (κ1) is 17.2. The van der Waals surface area contributed by atoms with Crippen molar-refractivity contribution >= 4 is 11.6 Å². The lowest BCUT2D eigenvalue weighted by atomic mass is 10.2.